The van der Waals surface area contributed by atoms with Crippen LogP contribution >= 0.6 is 0 Å². The third-order valence-electron chi connectivity index (χ3n) is 5.12. The standard InChI is InChI=1S/C16H25N5O3/c1-24-10-9-19-6-2-4-16(15(19)23)5-8-20(11-16)14(22)3-7-21-13-17-12-18-21/h12-13H,2-11H2,1H3/t16-/m1/s1. The van der Waals surface area contributed by atoms with Crippen LogP contribution < -0.4 is 0 Å². The summed E-state index contributed by atoms with van der Waals surface area (Å²) >= 11 is 0. The zero-order valence-corrected chi connectivity index (χ0v) is 14.2. The lowest BCUT2D eigenvalue weighted by Gasteiger charge is -2.39. The molecular weight excluding hydrogens is 310 g/mol. The Hall–Kier alpha value is -1.96. The number of hydrogen-bond acceptors (Lipinski definition) is 5. The van der Waals surface area contributed by atoms with Gasteiger partial charge in [0.25, 0.3) is 0 Å². The zero-order chi connectivity index (χ0) is 17.0. The number of piperidine rings is 1. The number of ether oxygens (including phenoxy) is 1. The first kappa shape index (κ1) is 16.9. The van der Waals surface area contributed by atoms with Gasteiger partial charge in [-0.15, -0.1) is 0 Å². The van der Waals surface area contributed by atoms with E-state index in [2.05, 4.69) is 10.1 Å². The molecule has 1 atom stereocenters. The Morgan fingerprint density at radius 2 is 2.21 bits per heavy atom. The molecule has 2 aliphatic heterocycles. The molecule has 0 radical (unpaired) electrons. The maximum Gasteiger partial charge on any atom is 0.230 e. The molecule has 3 heterocycles. The molecule has 0 aromatic carbocycles. The predicted molar refractivity (Wildman–Crippen MR) is 86.0 cm³/mol. The van der Waals surface area contributed by atoms with E-state index in [9.17, 15) is 9.59 Å². The average Bonchev–Trinajstić information content (AvgIpc) is 3.25. The van der Waals surface area contributed by atoms with Crippen LogP contribution in [0.15, 0.2) is 12.7 Å². The van der Waals surface area contributed by atoms with Gasteiger partial charge in [0, 0.05) is 39.7 Å². The molecule has 2 fully saturated rings. The predicted octanol–water partition coefficient (Wildman–Crippen LogP) is 0.156. The van der Waals surface area contributed by atoms with Crippen molar-refractivity contribution in [3.8, 4) is 0 Å². The lowest BCUT2D eigenvalue weighted by atomic mass is 9.78. The number of likely N-dealkylation sites (tertiary alicyclic amines) is 2. The van der Waals surface area contributed by atoms with Crippen molar-refractivity contribution in [2.45, 2.75) is 32.2 Å². The summed E-state index contributed by atoms with van der Waals surface area (Å²) in [5.74, 6) is 0.279. The molecule has 8 heteroatoms. The summed E-state index contributed by atoms with van der Waals surface area (Å²) in [7, 11) is 1.65. The molecule has 1 spiro atoms. The number of methoxy groups -OCH3 is 1. The fraction of sp³-hybridized carbons (Fsp3) is 0.750. The summed E-state index contributed by atoms with van der Waals surface area (Å²) < 4.78 is 6.75. The molecule has 0 unspecified atom stereocenters. The van der Waals surface area contributed by atoms with E-state index in [0.29, 0.717) is 39.2 Å². The highest BCUT2D eigenvalue weighted by Crippen LogP contribution is 2.40. The summed E-state index contributed by atoms with van der Waals surface area (Å²) in [5, 5.41) is 4.01. The fourth-order valence-electron chi connectivity index (χ4n) is 3.75. The van der Waals surface area contributed by atoms with Crippen LogP contribution in [0.2, 0.25) is 0 Å². The molecule has 8 nitrogen and oxygen atoms in total. The summed E-state index contributed by atoms with van der Waals surface area (Å²) in [4.78, 5) is 32.9. The van der Waals surface area contributed by atoms with E-state index in [0.717, 1.165) is 25.8 Å². The lowest BCUT2D eigenvalue weighted by Crippen LogP contribution is -2.51. The summed E-state index contributed by atoms with van der Waals surface area (Å²) in [6, 6.07) is 0. The lowest BCUT2D eigenvalue weighted by molar-refractivity contribution is -0.146. The van der Waals surface area contributed by atoms with E-state index in [1.807, 2.05) is 9.80 Å². The number of aromatic nitrogens is 3. The zero-order valence-electron chi connectivity index (χ0n) is 14.2. The van der Waals surface area contributed by atoms with Gasteiger partial charge >= 0.3 is 0 Å². The van der Waals surface area contributed by atoms with E-state index in [4.69, 9.17) is 4.74 Å². The van der Waals surface area contributed by atoms with Crippen LogP contribution in [0.5, 0.6) is 0 Å². The second kappa shape index (κ2) is 7.29. The Morgan fingerprint density at radius 3 is 2.96 bits per heavy atom. The monoisotopic (exact) mass is 335 g/mol. The van der Waals surface area contributed by atoms with Crippen molar-refractivity contribution in [2.24, 2.45) is 5.41 Å². The first-order valence-electron chi connectivity index (χ1n) is 8.53. The normalized spacial score (nSPS) is 24.1. The van der Waals surface area contributed by atoms with Crippen LogP contribution in [0.1, 0.15) is 25.7 Å². The molecular formula is C16H25N5O3. The molecule has 0 bridgehead atoms. The summed E-state index contributed by atoms with van der Waals surface area (Å²) in [6.07, 6.45) is 6.10. The summed E-state index contributed by atoms with van der Waals surface area (Å²) in [6.45, 7) is 3.73. The average molecular weight is 335 g/mol. The number of hydrogen-bond donors (Lipinski definition) is 0. The number of amides is 2. The van der Waals surface area contributed by atoms with Gasteiger partial charge in [0.1, 0.15) is 12.7 Å². The van der Waals surface area contributed by atoms with Gasteiger partial charge in [-0.3, -0.25) is 14.3 Å². The van der Waals surface area contributed by atoms with E-state index in [1.165, 1.54) is 6.33 Å². The third-order valence-corrected chi connectivity index (χ3v) is 5.12. The highest BCUT2D eigenvalue weighted by molar-refractivity contribution is 5.86. The van der Waals surface area contributed by atoms with Crippen molar-refractivity contribution in [3.05, 3.63) is 12.7 Å². The minimum absolute atomic E-state index is 0.0872. The summed E-state index contributed by atoms with van der Waals surface area (Å²) in [5.41, 5.74) is -0.380. The van der Waals surface area contributed by atoms with Crippen molar-refractivity contribution in [3.63, 3.8) is 0 Å². The maximum atomic E-state index is 12.9. The molecule has 24 heavy (non-hydrogen) atoms. The van der Waals surface area contributed by atoms with Crippen LogP contribution in [0.3, 0.4) is 0 Å². The number of carbonyl (C=O) groups is 2. The topological polar surface area (TPSA) is 80.6 Å². The Morgan fingerprint density at radius 1 is 1.33 bits per heavy atom. The largest absolute Gasteiger partial charge is 0.383 e. The van der Waals surface area contributed by atoms with E-state index in [-0.39, 0.29) is 17.2 Å². The number of aryl methyl sites for hydroxylation is 1. The van der Waals surface area contributed by atoms with Gasteiger partial charge in [-0.05, 0) is 19.3 Å². The highest BCUT2D eigenvalue weighted by atomic mass is 16.5. The van der Waals surface area contributed by atoms with Crippen molar-refractivity contribution in [1.82, 2.24) is 24.6 Å². The molecule has 2 aliphatic rings. The molecule has 0 N–H and O–H groups in total. The van der Waals surface area contributed by atoms with Gasteiger partial charge < -0.3 is 14.5 Å². The molecule has 1 aromatic heterocycles. The van der Waals surface area contributed by atoms with Gasteiger partial charge in [0.05, 0.1) is 18.6 Å². The molecule has 2 saturated heterocycles. The van der Waals surface area contributed by atoms with E-state index in [1.54, 1.807) is 18.1 Å². The number of carbonyl (C=O) groups excluding carboxylic acids is 2. The molecule has 1 aromatic rings. The van der Waals surface area contributed by atoms with Gasteiger partial charge in [-0.1, -0.05) is 0 Å². The molecule has 0 saturated carbocycles. The minimum atomic E-state index is -0.380. The Kier molecular flexibility index (Phi) is 5.13. The Bertz CT molecular complexity index is 576. The van der Waals surface area contributed by atoms with Crippen LogP contribution in [0.4, 0.5) is 0 Å². The maximum absolute atomic E-state index is 12.9. The van der Waals surface area contributed by atoms with Crippen LogP contribution in [0, 0.1) is 5.41 Å². The fourth-order valence-corrected chi connectivity index (χ4v) is 3.75. The van der Waals surface area contributed by atoms with E-state index < -0.39 is 0 Å². The van der Waals surface area contributed by atoms with Crippen LogP contribution in [0.25, 0.3) is 0 Å². The number of nitrogens with zero attached hydrogens (tertiary/aromatic N) is 5. The first-order valence-corrected chi connectivity index (χ1v) is 8.53. The van der Waals surface area contributed by atoms with Crippen molar-refractivity contribution >= 4 is 11.8 Å². The van der Waals surface area contributed by atoms with Gasteiger partial charge in [-0.25, -0.2) is 4.98 Å². The number of rotatable bonds is 6. The van der Waals surface area contributed by atoms with E-state index >= 15 is 0 Å². The van der Waals surface area contributed by atoms with Gasteiger partial charge in [0.15, 0.2) is 0 Å². The van der Waals surface area contributed by atoms with Crippen LogP contribution in [-0.2, 0) is 20.9 Å². The molecule has 132 valence electrons. The Balaban J connectivity index is 1.56. The smallest absolute Gasteiger partial charge is 0.230 e. The van der Waals surface area contributed by atoms with Crippen LogP contribution in [-0.4, -0.2) is 76.3 Å². The highest BCUT2D eigenvalue weighted by Gasteiger charge is 2.49. The van der Waals surface area contributed by atoms with Crippen molar-refractivity contribution < 1.29 is 14.3 Å². The second-order valence-corrected chi connectivity index (χ2v) is 6.64. The van der Waals surface area contributed by atoms with Gasteiger partial charge in [0.2, 0.25) is 11.8 Å². The third kappa shape index (κ3) is 3.43. The second-order valence-electron chi connectivity index (χ2n) is 6.64. The van der Waals surface area contributed by atoms with Gasteiger partial charge in [-0.2, -0.15) is 5.10 Å². The minimum Gasteiger partial charge on any atom is -0.383 e. The SMILES string of the molecule is COCCN1CCC[C@]2(CCN(C(=O)CCn3cncn3)C2)C1=O. The van der Waals surface area contributed by atoms with Crippen molar-refractivity contribution in [1.29, 1.82) is 0 Å². The van der Waals surface area contributed by atoms with Crippen molar-refractivity contribution in [2.75, 3.05) is 39.9 Å². The molecule has 2 amide bonds. The Labute approximate surface area is 141 Å². The first-order chi connectivity index (χ1) is 11.6. The molecule has 0 aliphatic carbocycles. The quantitative estimate of drug-likeness (QED) is 0.739. The molecule has 3 rings (SSSR count).